The fraction of sp³-hybridized carbons (Fsp3) is 0.273. The van der Waals surface area contributed by atoms with Crippen molar-refractivity contribution in [2.45, 2.75) is 18.2 Å². The lowest BCUT2D eigenvalue weighted by atomic mass is 10.0. The topological polar surface area (TPSA) is 61.1 Å². The first-order chi connectivity index (χ1) is 7.06. The van der Waals surface area contributed by atoms with Gasteiger partial charge < -0.3 is 5.11 Å². The largest absolute Gasteiger partial charge is 0.508 e. The molecule has 0 saturated heterocycles. The zero-order valence-electron chi connectivity index (χ0n) is 8.20. The first-order valence-electron chi connectivity index (χ1n) is 4.39. The molecule has 0 aliphatic carbocycles. The summed E-state index contributed by atoms with van der Waals surface area (Å²) in [6, 6.07) is 6.70. The molecule has 1 aromatic rings. The Morgan fingerprint density at radius 3 is 2.87 bits per heavy atom. The summed E-state index contributed by atoms with van der Waals surface area (Å²) in [6.45, 7) is 1.46. The Labute approximate surface area is 96.5 Å². The number of halogens is 1. The van der Waals surface area contributed by atoms with Crippen LogP contribution in [0.3, 0.4) is 0 Å². The smallest absolute Gasteiger partial charge is 0.147 e. The minimum absolute atomic E-state index is 0.0558. The molecule has 3 nitrogen and oxygen atoms in total. The third-order valence-corrected chi connectivity index (χ3v) is 3.17. The van der Waals surface area contributed by atoms with Crippen molar-refractivity contribution < 1.29 is 9.90 Å². The summed E-state index contributed by atoms with van der Waals surface area (Å²) in [5.41, 5.74) is 1.41. The number of Topliss-reactive ketones (excluding diaryl/α,β-unsaturated/α-hetero) is 1. The molecule has 1 N–H and O–H groups in total. The van der Waals surface area contributed by atoms with Crippen LogP contribution >= 0.6 is 15.9 Å². The number of benzene rings is 1. The summed E-state index contributed by atoms with van der Waals surface area (Å²) in [6.07, 6.45) is 0.227. The number of alkyl halides is 1. The number of ketones is 1. The first-order valence-corrected chi connectivity index (χ1v) is 5.31. The Morgan fingerprint density at radius 1 is 1.67 bits per heavy atom. The highest BCUT2D eigenvalue weighted by Gasteiger charge is 2.16. The minimum Gasteiger partial charge on any atom is -0.508 e. The van der Waals surface area contributed by atoms with E-state index in [4.69, 9.17) is 5.26 Å². The summed E-state index contributed by atoms with van der Waals surface area (Å²) >= 11 is 3.24. The molecule has 0 bridgehead atoms. The van der Waals surface area contributed by atoms with Gasteiger partial charge >= 0.3 is 0 Å². The van der Waals surface area contributed by atoms with Gasteiger partial charge in [0.05, 0.1) is 17.3 Å². The molecular weight excluding hydrogens is 258 g/mol. The highest BCUT2D eigenvalue weighted by atomic mass is 79.9. The monoisotopic (exact) mass is 267 g/mol. The SMILES string of the molecule is CC(=O)C(Br)c1cc(O)ccc1CC#N. The average molecular weight is 268 g/mol. The Morgan fingerprint density at radius 2 is 2.33 bits per heavy atom. The van der Waals surface area contributed by atoms with Gasteiger partial charge in [-0.1, -0.05) is 22.0 Å². The van der Waals surface area contributed by atoms with E-state index >= 15 is 0 Å². The molecule has 0 aliphatic rings. The van der Waals surface area contributed by atoms with Crippen LogP contribution in [0.4, 0.5) is 0 Å². The lowest BCUT2D eigenvalue weighted by molar-refractivity contribution is -0.116. The first kappa shape index (κ1) is 11.7. The van der Waals surface area contributed by atoms with Crippen molar-refractivity contribution in [1.29, 1.82) is 5.26 Å². The maximum atomic E-state index is 11.2. The van der Waals surface area contributed by atoms with Crippen molar-refractivity contribution in [3.63, 3.8) is 0 Å². The van der Waals surface area contributed by atoms with Gasteiger partial charge in [-0.15, -0.1) is 0 Å². The molecule has 15 heavy (non-hydrogen) atoms. The molecule has 4 heteroatoms. The second-order valence-corrected chi connectivity index (χ2v) is 4.11. The lowest BCUT2D eigenvalue weighted by Crippen LogP contribution is -2.04. The summed E-state index contributed by atoms with van der Waals surface area (Å²) in [5.74, 6) is 0.0391. The molecule has 78 valence electrons. The van der Waals surface area contributed by atoms with E-state index in [1.165, 1.54) is 19.1 Å². The van der Waals surface area contributed by atoms with E-state index in [0.717, 1.165) is 5.56 Å². The molecule has 1 atom stereocenters. The Hall–Kier alpha value is -1.34. The van der Waals surface area contributed by atoms with Gasteiger partial charge in [0.2, 0.25) is 0 Å². The second kappa shape index (κ2) is 4.94. The summed E-state index contributed by atoms with van der Waals surface area (Å²) < 4.78 is 0. The summed E-state index contributed by atoms with van der Waals surface area (Å²) in [5, 5.41) is 17.9. The maximum absolute atomic E-state index is 11.2. The molecule has 1 aromatic carbocycles. The van der Waals surface area contributed by atoms with Crippen LogP contribution in [0.25, 0.3) is 0 Å². The fourth-order valence-corrected chi connectivity index (χ4v) is 1.71. The van der Waals surface area contributed by atoms with Gasteiger partial charge in [-0.3, -0.25) is 4.79 Å². The van der Waals surface area contributed by atoms with E-state index in [1.807, 2.05) is 6.07 Å². The Balaban J connectivity index is 3.18. The molecule has 1 unspecified atom stereocenters. The average Bonchev–Trinajstić information content (AvgIpc) is 2.20. The van der Waals surface area contributed by atoms with E-state index in [9.17, 15) is 9.90 Å². The molecular formula is C11H10BrNO2. The van der Waals surface area contributed by atoms with E-state index in [-0.39, 0.29) is 18.0 Å². The van der Waals surface area contributed by atoms with Gasteiger partial charge in [-0.25, -0.2) is 0 Å². The van der Waals surface area contributed by atoms with Gasteiger partial charge in [-0.05, 0) is 30.2 Å². The molecule has 0 amide bonds. The number of aromatic hydroxyl groups is 1. The number of phenols is 1. The van der Waals surface area contributed by atoms with Gasteiger partial charge in [-0.2, -0.15) is 5.26 Å². The number of hydrogen-bond donors (Lipinski definition) is 1. The molecule has 0 saturated carbocycles. The van der Waals surface area contributed by atoms with Crippen molar-refractivity contribution in [1.82, 2.24) is 0 Å². The fourth-order valence-electron chi connectivity index (χ4n) is 1.28. The molecule has 0 aliphatic heterocycles. The number of rotatable bonds is 3. The number of nitrogens with zero attached hydrogens (tertiary/aromatic N) is 1. The molecule has 0 aromatic heterocycles. The van der Waals surface area contributed by atoms with E-state index in [1.54, 1.807) is 6.07 Å². The van der Waals surface area contributed by atoms with Gasteiger partial charge in [0.25, 0.3) is 0 Å². The lowest BCUT2D eigenvalue weighted by Gasteiger charge is -2.11. The zero-order valence-corrected chi connectivity index (χ0v) is 9.78. The van der Waals surface area contributed by atoms with Crippen molar-refractivity contribution in [3.05, 3.63) is 29.3 Å². The van der Waals surface area contributed by atoms with E-state index in [2.05, 4.69) is 15.9 Å². The van der Waals surface area contributed by atoms with Crippen LogP contribution in [0.2, 0.25) is 0 Å². The second-order valence-electron chi connectivity index (χ2n) is 3.19. The number of carbonyl (C=O) groups is 1. The summed E-state index contributed by atoms with van der Waals surface area (Å²) in [7, 11) is 0. The third kappa shape index (κ3) is 2.80. The van der Waals surface area contributed by atoms with Crippen LogP contribution in [-0.2, 0) is 11.2 Å². The van der Waals surface area contributed by atoms with Crippen LogP contribution in [0, 0.1) is 11.3 Å². The number of nitriles is 1. The van der Waals surface area contributed by atoms with Crippen LogP contribution in [-0.4, -0.2) is 10.9 Å². The number of hydrogen-bond acceptors (Lipinski definition) is 3. The normalized spacial score (nSPS) is 11.8. The quantitative estimate of drug-likeness (QED) is 0.856. The number of carbonyl (C=O) groups excluding carboxylic acids is 1. The highest BCUT2D eigenvalue weighted by molar-refractivity contribution is 9.09. The molecule has 1 rings (SSSR count). The van der Waals surface area contributed by atoms with Crippen molar-refractivity contribution in [3.8, 4) is 11.8 Å². The number of phenolic OH excluding ortho intramolecular Hbond substituents is 1. The predicted octanol–water partition coefficient (Wildman–Crippen LogP) is 2.48. The standard InChI is InChI=1S/C11H10BrNO2/c1-7(14)11(12)10-6-9(15)3-2-8(10)4-5-13/h2-3,6,11,15H,4H2,1H3. The molecule has 0 spiro atoms. The van der Waals surface area contributed by atoms with Gasteiger partial charge in [0, 0.05) is 0 Å². The van der Waals surface area contributed by atoms with Crippen LogP contribution in [0.15, 0.2) is 18.2 Å². The van der Waals surface area contributed by atoms with Gasteiger partial charge in [0.15, 0.2) is 0 Å². The van der Waals surface area contributed by atoms with Crippen molar-refractivity contribution in [2.75, 3.05) is 0 Å². The maximum Gasteiger partial charge on any atom is 0.147 e. The van der Waals surface area contributed by atoms with Crippen LogP contribution in [0.5, 0.6) is 5.75 Å². The minimum atomic E-state index is -0.465. The Bertz CT molecular complexity index is 423. The zero-order chi connectivity index (χ0) is 11.4. The molecule has 0 radical (unpaired) electrons. The van der Waals surface area contributed by atoms with Crippen molar-refractivity contribution in [2.24, 2.45) is 0 Å². The van der Waals surface area contributed by atoms with Gasteiger partial charge in [0.1, 0.15) is 11.5 Å². The van der Waals surface area contributed by atoms with E-state index < -0.39 is 4.83 Å². The third-order valence-electron chi connectivity index (χ3n) is 2.03. The summed E-state index contributed by atoms with van der Waals surface area (Å²) in [4.78, 5) is 10.7. The Kier molecular flexibility index (Phi) is 3.87. The van der Waals surface area contributed by atoms with Crippen LogP contribution in [0.1, 0.15) is 22.9 Å². The van der Waals surface area contributed by atoms with Crippen LogP contribution < -0.4 is 0 Å². The molecule has 0 heterocycles. The predicted molar refractivity (Wildman–Crippen MR) is 59.8 cm³/mol. The van der Waals surface area contributed by atoms with E-state index in [0.29, 0.717) is 5.56 Å². The highest BCUT2D eigenvalue weighted by Crippen LogP contribution is 2.30. The van der Waals surface area contributed by atoms with Crippen molar-refractivity contribution >= 4 is 21.7 Å². The molecule has 0 fully saturated rings.